The van der Waals surface area contributed by atoms with E-state index in [0.717, 1.165) is 0 Å². The molecule has 1 aromatic rings. The summed E-state index contributed by atoms with van der Waals surface area (Å²) in [6.07, 6.45) is 0. The number of nitro groups is 1. The summed E-state index contributed by atoms with van der Waals surface area (Å²) in [4.78, 5) is 23.4. The molecule has 0 aliphatic rings. The second-order valence-electron chi connectivity index (χ2n) is 2.74. The first-order chi connectivity index (χ1) is 7.63. The molecular formula is C8H7N5O3. The number of amides is 1. The number of rotatable bonds is 4. The molecule has 1 amide bonds. The van der Waals surface area contributed by atoms with Gasteiger partial charge < -0.3 is 5.32 Å². The Hall–Kier alpha value is -2.60. The Kier molecular flexibility index (Phi) is 3.82. The Balaban J connectivity index is 2.74. The maximum absolute atomic E-state index is 11.1. The van der Waals surface area contributed by atoms with Crippen LogP contribution in [0.1, 0.15) is 0 Å². The summed E-state index contributed by atoms with van der Waals surface area (Å²) in [5.41, 5.74) is 8.15. The monoisotopic (exact) mass is 221 g/mol. The van der Waals surface area contributed by atoms with Gasteiger partial charge in [0.2, 0.25) is 5.91 Å². The number of nitrogens with one attached hydrogen (secondary N) is 1. The summed E-state index contributed by atoms with van der Waals surface area (Å²) in [5.74, 6) is -0.529. The second-order valence-corrected chi connectivity index (χ2v) is 2.74. The molecule has 0 fully saturated rings. The molecule has 82 valence electrons. The Morgan fingerprint density at radius 1 is 1.62 bits per heavy atom. The molecule has 16 heavy (non-hydrogen) atoms. The Labute approximate surface area is 89.7 Å². The third kappa shape index (κ3) is 3.28. The molecule has 0 heterocycles. The van der Waals surface area contributed by atoms with Gasteiger partial charge in [0.1, 0.15) is 6.54 Å². The van der Waals surface area contributed by atoms with Crippen molar-refractivity contribution in [3.63, 3.8) is 0 Å². The van der Waals surface area contributed by atoms with Crippen molar-refractivity contribution in [2.45, 2.75) is 0 Å². The van der Waals surface area contributed by atoms with Gasteiger partial charge in [-0.25, -0.2) is 0 Å². The van der Waals surface area contributed by atoms with Gasteiger partial charge in [-0.3, -0.25) is 14.9 Å². The van der Waals surface area contributed by atoms with E-state index in [-0.39, 0.29) is 17.9 Å². The molecule has 0 atom stereocenters. The van der Waals surface area contributed by atoms with Gasteiger partial charge in [-0.05, 0) is 11.6 Å². The summed E-state index contributed by atoms with van der Waals surface area (Å²) >= 11 is 0. The van der Waals surface area contributed by atoms with Crippen LogP contribution in [0.25, 0.3) is 10.4 Å². The molecule has 0 bridgehead atoms. The van der Waals surface area contributed by atoms with Crippen molar-refractivity contribution >= 4 is 17.3 Å². The number of carbonyl (C=O) groups excluding carboxylic acids is 1. The van der Waals surface area contributed by atoms with Crippen LogP contribution in [0.4, 0.5) is 11.4 Å². The number of hydrogen-bond acceptors (Lipinski definition) is 4. The van der Waals surface area contributed by atoms with Crippen molar-refractivity contribution in [1.82, 2.24) is 0 Å². The lowest BCUT2D eigenvalue weighted by atomic mass is 10.3. The highest BCUT2D eigenvalue weighted by Gasteiger charge is 2.07. The fourth-order valence-corrected chi connectivity index (χ4v) is 0.994. The van der Waals surface area contributed by atoms with Crippen LogP contribution in [-0.2, 0) is 4.79 Å². The number of non-ortho nitro benzene ring substituents is 1. The molecule has 1 rings (SSSR count). The quantitative estimate of drug-likeness (QED) is 0.274. The highest BCUT2D eigenvalue weighted by atomic mass is 16.6. The van der Waals surface area contributed by atoms with Gasteiger partial charge in [0, 0.05) is 22.7 Å². The van der Waals surface area contributed by atoms with Crippen molar-refractivity contribution in [3.8, 4) is 0 Å². The van der Waals surface area contributed by atoms with E-state index in [1.165, 1.54) is 24.3 Å². The molecule has 1 N–H and O–H groups in total. The van der Waals surface area contributed by atoms with Crippen LogP contribution < -0.4 is 5.32 Å². The Morgan fingerprint density at radius 2 is 2.38 bits per heavy atom. The van der Waals surface area contributed by atoms with Gasteiger partial charge in [0.25, 0.3) is 5.69 Å². The molecule has 0 radical (unpaired) electrons. The number of nitro benzene ring substituents is 1. The largest absolute Gasteiger partial charge is 0.326 e. The topological polar surface area (TPSA) is 121 Å². The van der Waals surface area contributed by atoms with Crippen LogP contribution in [0, 0.1) is 10.1 Å². The highest BCUT2D eigenvalue weighted by molar-refractivity contribution is 5.92. The zero-order valence-corrected chi connectivity index (χ0v) is 8.03. The number of benzene rings is 1. The first-order valence-electron chi connectivity index (χ1n) is 4.18. The minimum absolute atomic E-state index is 0.124. The van der Waals surface area contributed by atoms with Crippen LogP contribution >= 0.6 is 0 Å². The first-order valence-corrected chi connectivity index (χ1v) is 4.18. The lowest BCUT2D eigenvalue weighted by molar-refractivity contribution is -0.384. The van der Waals surface area contributed by atoms with Crippen LogP contribution in [0.5, 0.6) is 0 Å². The molecule has 0 aromatic heterocycles. The summed E-state index contributed by atoms with van der Waals surface area (Å²) < 4.78 is 0. The van der Waals surface area contributed by atoms with Gasteiger partial charge in [0.05, 0.1) is 4.92 Å². The van der Waals surface area contributed by atoms with Crippen LogP contribution in [-0.4, -0.2) is 17.4 Å². The van der Waals surface area contributed by atoms with E-state index in [2.05, 4.69) is 15.3 Å². The summed E-state index contributed by atoms with van der Waals surface area (Å²) in [7, 11) is 0. The second kappa shape index (κ2) is 5.32. The van der Waals surface area contributed by atoms with Crippen molar-refractivity contribution in [1.29, 1.82) is 0 Å². The van der Waals surface area contributed by atoms with E-state index < -0.39 is 10.8 Å². The third-order valence-electron chi connectivity index (χ3n) is 1.62. The van der Waals surface area contributed by atoms with Crippen LogP contribution in [0.15, 0.2) is 29.4 Å². The lowest BCUT2D eigenvalue weighted by Crippen LogP contribution is -2.14. The molecule has 0 aliphatic heterocycles. The van der Waals surface area contributed by atoms with E-state index in [4.69, 9.17) is 5.53 Å². The molecule has 0 aliphatic carbocycles. The smallest absolute Gasteiger partial charge is 0.271 e. The van der Waals surface area contributed by atoms with Crippen molar-refractivity contribution in [2.75, 3.05) is 11.9 Å². The minimum Gasteiger partial charge on any atom is -0.326 e. The van der Waals surface area contributed by atoms with E-state index in [1.807, 2.05) is 0 Å². The SMILES string of the molecule is [N-]=[N+]=NCC(=O)Nc1cccc([N+](=O)[O-])c1. The van der Waals surface area contributed by atoms with Crippen molar-refractivity contribution in [2.24, 2.45) is 5.11 Å². The number of azide groups is 1. The van der Waals surface area contributed by atoms with E-state index in [1.54, 1.807) is 0 Å². The lowest BCUT2D eigenvalue weighted by Gasteiger charge is -2.01. The number of nitrogens with zero attached hydrogens (tertiary/aromatic N) is 4. The zero-order chi connectivity index (χ0) is 12.0. The van der Waals surface area contributed by atoms with Gasteiger partial charge in [-0.1, -0.05) is 11.2 Å². The van der Waals surface area contributed by atoms with Gasteiger partial charge in [0.15, 0.2) is 0 Å². The number of hydrogen-bond donors (Lipinski definition) is 1. The third-order valence-corrected chi connectivity index (χ3v) is 1.62. The average Bonchev–Trinajstić information content (AvgIpc) is 2.26. The molecule has 0 saturated heterocycles. The van der Waals surface area contributed by atoms with Gasteiger partial charge in [-0.15, -0.1) is 0 Å². The Morgan fingerprint density at radius 3 is 3.00 bits per heavy atom. The van der Waals surface area contributed by atoms with Crippen molar-refractivity contribution in [3.05, 3.63) is 44.8 Å². The standard InChI is InChI=1S/C8H7N5O3/c9-12-10-5-8(14)11-6-2-1-3-7(4-6)13(15)16/h1-4H,5H2,(H,11,14). The summed E-state index contributed by atoms with van der Waals surface area (Å²) in [6, 6.07) is 5.47. The number of anilines is 1. The molecule has 0 saturated carbocycles. The highest BCUT2D eigenvalue weighted by Crippen LogP contribution is 2.16. The predicted molar refractivity (Wildman–Crippen MR) is 55.7 cm³/mol. The van der Waals surface area contributed by atoms with Crippen LogP contribution in [0.3, 0.4) is 0 Å². The fourth-order valence-electron chi connectivity index (χ4n) is 0.994. The molecule has 0 unspecified atom stereocenters. The van der Waals surface area contributed by atoms with E-state index >= 15 is 0 Å². The maximum atomic E-state index is 11.1. The molecule has 0 spiro atoms. The number of carbonyl (C=O) groups is 1. The minimum atomic E-state index is -0.566. The van der Waals surface area contributed by atoms with Gasteiger partial charge in [-0.2, -0.15) is 0 Å². The van der Waals surface area contributed by atoms with E-state index in [0.29, 0.717) is 0 Å². The molecule has 8 heteroatoms. The average molecular weight is 221 g/mol. The molecule has 1 aromatic carbocycles. The predicted octanol–water partition coefficient (Wildman–Crippen LogP) is 1.84. The van der Waals surface area contributed by atoms with E-state index in [9.17, 15) is 14.9 Å². The van der Waals surface area contributed by atoms with Gasteiger partial charge >= 0.3 is 0 Å². The summed E-state index contributed by atoms with van der Waals surface area (Å²) in [5, 5.41) is 15.9. The molecular weight excluding hydrogens is 214 g/mol. The fraction of sp³-hybridized carbons (Fsp3) is 0.125. The van der Waals surface area contributed by atoms with Crippen molar-refractivity contribution < 1.29 is 9.72 Å². The first kappa shape index (κ1) is 11.5. The van der Waals surface area contributed by atoms with Crippen LogP contribution in [0.2, 0.25) is 0 Å². The molecule has 8 nitrogen and oxygen atoms in total. The maximum Gasteiger partial charge on any atom is 0.271 e. The Bertz CT molecular complexity index is 466. The normalized spacial score (nSPS) is 9.00. The zero-order valence-electron chi connectivity index (χ0n) is 8.03. The summed E-state index contributed by atoms with van der Waals surface area (Å²) in [6.45, 7) is -0.348.